The fraction of sp³-hybridized carbons (Fsp3) is 0.316. The van der Waals surface area contributed by atoms with Crippen molar-refractivity contribution in [1.29, 1.82) is 0 Å². The Balaban J connectivity index is 1.96. The van der Waals surface area contributed by atoms with Gasteiger partial charge in [0.15, 0.2) is 11.6 Å². The van der Waals surface area contributed by atoms with Crippen LogP contribution < -0.4 is 9.62 Å². The van der Waals surface area contributed by atoms with Gasteiger partial charge in [0.2, 0.25) is 15.9 Å². The van der Waals surface area contributed by atoms with Gasteiger partial charge >= 0.3 is 0 Å². The van der Waals surface area contributed by atoms with Crippen molar-refractivity contribution in [3.8, 4) is 0 Å². The van der Waals surface area contributed by atoms with Crippen LogP contribution in [0.15, 0.2) is 36.4 Å². The van der Waals surface area contributed by atoms with Crippen LogP contribution in [0, 0.1) is 11.6 Å². The summed E-state index contributed by atoms with van der Waals surface area (Å²) in [5.74, 6) is -1.80. The number of amides is 1. The highest BCUT2D eigenvalue weighted by molar-refractivity contribution is 7.98. The number of nitrogens with one attached hydrogen (secondary N) is 1. The molecule has 11 heteroatoms. The van der Waals surface area contributed by atoms with Crippen molar-refractivity contribution in [2.24, 2.45) is 0 Å². The van der Waals surface area contributed by atoms with Crippen molar-refractivity contribution in [2.75, 3.05) is 22.9 Å². The molecule has 30 heavy (non-hydrogen) atoms. The van der Waals surface area contributed by atoms with E-state index in [1.807, 2.05) is 0 Å². The van der Waals surface area contributed by atoms with E-state index in [2.05, 4.69) is 5.32 Å². The summed E-state index contributed by atoms with van der Waals surface area (Å²) in [6, 6.07) is 6.73. The van der Waals surface area contributed by atoms with Gasteiger partial charge in [-0.1, -0.05) is 29.3 Å². The van der Waals surface area contributed by atoms with Crippen LogP contribution in [-0.4, -0.2) is 38.9 Å². The van der Waals surface area contributed by atoms with Crippen molar-refractivity contribution in [3.05, 3.63) is 63.6 Å². The average Bonchev–Trinajstić information content (AvgIpc) is 2.65. The van der Waals surface area contributed by atoms with Gasteiger partial charge < -0.3 is 5.32 Å². The lowest BCUT2D eigenvalue weighted by Crippen LogP contribution is -2.48. The summed E-state index contributed by atoms with van der Waals surface area (Å²) in [4.78, 5) is 12.5. The standard InChI is InChI=1S/C19H20Cl2F2N2O3S2/c1-12(25(30(2,27)28)13-6-7-17(22)18(23)10-13)19(26)24-8-9-29-11-14-15(20)4-3-5-16(14)21/h3-7,10,12H,8-9,11H2,1-2H3,(H,24,26)/t12-/m1/s1. The van der Waals surface area contributed by atoms with Gasteiger partial charge in [-0.2, -0.15) is 11.8 Å². The number of sulfonamides is 1. The highest BCUT2D eigenvalue weighted by Crippen LogP contribution is 2.28. The second kappa shape index (κ2) is 10.7. The number of benzene rings is 2. The fourth-order valence-electron chi connectivity index (χ4n) is 2.67. The monoisotopic (exact) mass is 496 g/mol. The molecule has 5 nitrogen and oxygen atoms in total. The van der Waals surface area contributed by atoms with E-state index in [9.17, 15) is 22.0 Å². The average molecular weight is 497 g/mol. The highest BCUT2D eigenvalue weighted by atomic mass is 35.5. The third-order valence-corrected chi connectivity index (χ3v) is 7.04. The molecule has 0 radical (unpaired) electrons. The lowest BCUT2D eigenvalue weighted by Gasteiger charge is -2.28. The Bertz CT molecular complexity index is 1000. The van der Waals surface area contributed by atoms with Crippen LogP contribution in [0.3, 0.4) is 0 Å². The molecular formula is C19H20Cl2F2N2O3S2. The SMILES string of the molecule is C[C@H](C(=O)NCCSCc1c(Cl)cccc1Cl)N(c1ccc(F)c(F)c1)S(C)(=O)=O. The van der Waals surface area contributed by atoms with Crippen molar-refractivity contribution in [2.45, 2.75) is 18.7 Å². The molecule has 0 aliphatic rings. The number of rotatable bonds is 9. The van der Waals surface area contributed by atoms with E-state index >= 15 is 0 Å². The van der Waals surface area contributed by atoms with Crippen LogP contribution in [0.4, 0.5) is 14.5 Å². The molecule has 0 spiro atoms. The normalized spacial score (nSPS) is 12.5. The second-order valence-corrected chi connectivity index (χ2v) is 10.2. The number of nitrogens with zero attached hydrogens (tertiary/aromatic N) is 1. The predicted molar refractivity (Wildman–Crippen MR) is 119 cm³/mol. The molecule has 0 unspecified atom stereocenters. The first-order chi connectivity index (χ1) is 14.0. The second-order valence-electron chi connectivity index (χ2n) is 6.38. The summed E-state index contributed by atoms with van der Waals surface area (Å²) in [6.07, 6.45) is 0.890. The highest BCUT2D eigenvalue weighted by Gasteiger charge is 2.29. The zero-order chi connectivity index (χ0) is 22.5. The molecule has 1 atom stereocenters. The van der Waals surface area contributed by atoms with Crippen molar-refractivity contribution < 1.29 is 22.0 Å². The molecule has 0 bridgehead atoms. The molecule has 0 saturated carbocycles. The quantitative estimate of drug-likeness (QED) is 0.519. The molecule has 0 saturated heterocycles. The molecule has 164 valence electrons. The number of thioether (sulfide) groups is 1. The Morgan fingerprint density at radius 2 is 1.80 bits per heavy atom. The van der Waals surface area contributed by atoms with Crippen LogP contribution >= 0.6 is 35.0 Å². The van der Waals surface area contributed by atoms with Gasteiger partial charge in [-0.15, -0.1) is 0 Å². The minimum absolute atomic E-state index is 0.137. The molecule has 2 rings (SSSR count). The van der Waals surface area contributed by atoms with Gasteiger partial charge in [0, 0.05) is 34.2 Å². The van der Waals surface area contributed by atoms with E-state index in [1.54, 1.807) is 18.2 Å². The molecule has 0 fully saturated rings. The first-order valence-electron chi connectivity index (χ1n) is 8.75. The predicted octanol–water partition coefficient (Wildman–Crippen LogP) is 4.48. The first kappa shape index (κ1) is 24.7. The number of carbonyl (C=O) groups is 1. The van der Waals surface area contributed by atoms with Crippen LogP contribution in [0.1, 0.15) is 12.5 Å². The zero-order valence-corrected chi connectivity index (χ0v) is 19.3. The number of anilines is 1. The van der Waals surface area contributed by atoms with E-state index in [4.69, 9.17) is 23.2 Å². The van der Waals surface area contributed by atoms with Gasteiger partial charge in [-0.05, 0) is 36.8 Å². The van der Waals surface area contributed by atoms with Crippen LogP contribution in [-0.2, 0) is 20.6 Å². The van der Waals surface area contributed by atoms with E-state index in [-0.39, 0.29) is 12.2 Å². The zero-order valence-electron chi connectivity index (χ0n) is 16.2. The summed E-state index contributed by atoms with van der Waals surface area (Å²) >= 11 is 13.7. The maximum atomic E-state index is 13.6. The summed E-state index contributed by atoms with van der Waals surface area (Å²) in [5, 5.41) is 3.76. The molecule has 0 aliphatic heterocycles. The van der Waals surface area contributed by atoms with Gasteiger partial charge in [0.1, 0.15) is 6.04 Å². The molecule has 0 heterocycles. The van der Waals surface area contributed by atoms with Crippen LogP contribution in [0.2, 0.25) is 10.0 Å². The molecule has 1 amide bonds. The van der Waals surface area contributed by atoms with E-state index in [1.165, 1.54) is 18.7 Å². The molecule has 0 aliphatic carbocycles. The van der Waals surface area contributed by atoms with Crippen LogP contribution in [0.5, 0.6) is 0 Å². The fourth-order valence-corrected chi connectivity index (χ4v) is 5.43. The Morgan fingerprint density at radius 3 is 2.37 bits per heavy atom. The van der Waals surface area contributed by atoms with Gasteiger partial charge in [-0.25, -0.2) is 17.2 Å². The van der Waals surface area contributed by atoms with Crippen molar-refractivity contribution >= 4 is 56.6 Å². The smallest absolute Gasteiger partial charge is 0.243 e. The largest absolute Gasteiger partial charge is 0.353 e. The van der Waals surface area contributed by atoms with E-state index in [0.717, 1.165) is 34.3 Å². The summed E-state index contributed by atoms with van der Waals surface area (Å²) in [5.41, 5.74) is 0.661. The van der Waals surface area contributed by atoms with E-state index < -0.39 is 33.6 Å². The van der Waals surface area contributed by atoms with Gasteiger partial charge in [0.25, 0.3) is 0 Å². The Hall–Kier alpha value is -1.55. The minimum atomic E-state index is -3.92. The number of hydrogen-bond donors (Lipinski definition) is 1. The number of halogens is 4. The Kier molecular flexibility index (Phi) is 8.78. The Labute approximate surface area is 188 Å². The maximum absolute atomic E-state index is 13.6. The van der Waals surface area contributed by atoms with Gasteiger partial charge in [-0.3, -0.25) is 9.10 Å². The third-order valence-electron chi connectivity index (χ3n) is 4.10. The maximum Gasteiger partial charge on any atom is 0.243 e. The summed E-state index contributed by atoms with van der Waals surface area (Å²) in [7, 11) is -3.92. The van der Waals surface area contributed by atoms with E-state index in [0.29, 0.717) is 21.6 Å². The van der Waals surface area contributed by atoms with Crippen molar-refractivity contribution in [1.82, 2.24) is 5.32 Å². The number of carbonyl (C=O) groups excluding carboxylic acids is 1. The van der Waals surface area contributed by atoms with Gasteiger partial charge in [0.05, 0.1) is 11.9 Å². The molecular weight excluding hydrogens is 477 g/mol. The third kappa shape index (κ3) is 6.47. The minimum Gasteiger partial charge on any atom is -0.353 e. The lowest BCUT2D eigenvalue weighted by atomic mass is 10.2. The summed E-state index contributed by atoms with van der Waals surface area (Å²) in [6.45, 7) is 1.64. The topological polar surface area (TPSA) is 66.5 Å². The molecule has 1 N–H and O–H groups in total. The Morgan fingerprint density at radius 1 is 1.17 bits per heavy atom. The molecule has 0 aromatic heterocycles. The molecule has 2 aromatic rings. The lowest BCUT2D eigenvalue weighted by molar-refractivity contribution is -0.121. The van der Waals surface area contributed by atoms with Crippen LogP contribution in [0.25, 0.3) is 0 Å². The summed E-state index contributed by atoms with van der Waals surface area (Å²) < 4.78 is 51.8. The first-order valence-corrected chi connectivity index (χ1v) is 12.5. The molecule has 2 aromatic carbocycles. The number of hydrogen-bond acceptors (Lipinski definition) is 4. The van der Waals surface area contributed by atoms with Crippen molar-refractivity contribution in [3.63, 3.8) is 0 Å².